The van der Waals surface area contributed by atoms with E-state index in [4.69, 9.17) is 4.74 Å². The van der Waals surface area contributed by atoms with Crippen LogP contribution < -0.4 is 14.9 Å². The number of benzene rings is 1. The Morgan fingerprint density at radius 2 is 2.20 bits per heavy atom. The highest BCUT2D eigenvalue weighted by atomic mass is 79.9. The molecule has 1 atom stereocenters. The molecule has 0 fully saturated rings. The average Bonchev–Trinajstić information content (AvgIpc) is 3.33. The molecule has 154 valence electrons. The molecule has 30 heavy (non-hydrogen) atoms. The maximum absolute atomic E-state index is 13.4. The van der Waals surface area contributed by atoms with E-state index in [1.165, 1.54) is 22.7 Å². The maximum atomic E-state index is 13.4. The molecule has 1 aromatic carbocycles. The quantitative estimate of drug-likeness (QED) is 0.552. The zero-order valence-corrected chi connectivity index (χ0v) is 19.3. The van der Waals surface area contributed by atoms with E-state index in [1.54, 1.807) is 42.7 Å². The summed E-state index contributed by atoms with van der Waals surface area (Å²) in [6.07, 6.45) is 1.75. The standard InChI is InChI=1S/C21H17BrN2O4S2/c1-3-28-20(27)17-11(2)23-21-24(18(17)15-5-4-8-29-15)19(26)16(30-21)10-12-6-7-14(25)13(22)9-12/h4-10,18,25H,3H2,1-2H3/b16-10-/t18-/m1/s1. The summed E-state index contributed by atoms with van der Waals surface area (Å²) in [7, 11) is 0. The summed E-state index contributed by atoms with van der Waals surface area (Å²) < 4.78 is 7.86. The first-order valence-electron chi connectivity index (χ1n) is 9.12. The summed E-state index contributed by atoms with van der Waals surface area (Å²) in [6.45, 7) is 3.76. The Bertz CT molecular complexity index is 1340. The smallest absolute Gasteiger partial charge is 0.338 e. The molecule has 0 saturated carbocycles. The SMILES string of the molecule is CCOC(=O)C1=C(C)N=c2s/c(=C\c3ccc(O)c(Br)c3)c(=O)n2[C@@H]1c1cccs1. The molecule has 0 aliphatic carbocycles. The van der Waals surface area contributed by atoms with Gasteiger partial charge in [0.1, 0.15) is 11.8 Å². The second-order valence-electron chi connectivity index (χ2n) is 6.53. The molecular weight excluding hydrogens is 488 g/mol. The fourth-order valence-corrected chi connectivity index (χ4v) is 5.54. The van der Waals surface area contributed by atoms with E-state index in [0.717, 1.165) is 10.4 Å². The van der Waals surface area contributed by atoms with Gasteiger partial charge in [0.2, 0.25) is 0 Å². The number of ether oxygens (including phenoxy) is 1. The number of nitrogens with zero attached hydrogens (tertiary/aromatic N) is 2. The Hall–Kier alpha value is -2.49. The van der Waals surface area contributed by atoms with Crippen molar-refractivity contribution in [2.45, 2.75) is 19.9 Å². The zero-order chi connectivity index (χ0) is 21.4. The van der Waals surface area contributed by atoms with E-state index < -0.39 is 12.0 Å². The highest BCUT2D eigenvalue weighted by Gasteiger charge is 2.33. The predicted octanol–water partition coefficient (Wildman–Crippen LogP) is 3.33. The van der Waals surface area contributed by atoms with Crippen molar-refractivity contribution in [2.24, 2.45) is 4.99 Å². The number of carbonyl (C=O) groups excluding carboxylic acids is 1. The summed E-state index contributed by atoms with van der Waals surface area (Å²) in [5, 5.41) is 11.6. The molecule has 3 aromatic rings. The van der Waals surface area contributed by atoms with Crippen LogP contribution in [-0.2, 0) is 9.53 Å². The first kappa shape index (κ1) is 20.8. The molecule has 4 rings (SSSR count). The van der Waals surface area contributed by atoms with Crippen molar-refractivity contribution in [2.75, 3.05) is 6.61 Å². The topological polar surface area (TPSA) is 80.9 Å². The third-order valence-electron chi connectivity index (χ3n) is 4.60. The van der Waals surface area contributed by atoms with Crippen LogP contribution in [0.2, 0.25) is 0 Å². The van der Waals surface area contributed by atoms with E-state index in [1.807, 2.05) is 17.5 Å². The maximum Gasteiger partial charge on any atom is 0.338 e. The summed E-state index contributed by atoms with van der Waals surface area (Å²) in [6, 6.07) is 8.24. The van der Waals surface area contributed by atoms with Gasteiger partial charge in [-0.25, -0.2) is 9.79 Å². The van der Waals surface area contributed by atoms with Gasteiger partial charge in [0.05, 0.1) is 26.9 Å². The molecule has 1 aliphatic rings. The van der Waals surface area contributed by atoms with Crippen molar-refractivity contribution < 1.29 is 14.6 Å². The Balaban J connectivity index is 1.93. The van der Waals surface area contributed by atoms with Gasteiger partial charge in [0, 0.05) is 4.88 Å². The Kier molecular flexibility index (Phi) is 5.77. The number of aromatic hydroxyl groups is 1. The van der Waals surface area contributed by atoms with Crippen LogP contribution in [0.3, 0.4) is 0 Å². The van der Waals surface area contributed by atoms with Crippen LogP contribution in [0.25, 0.3) is 6.08 Å². The lowest BCUT2D eigenvalue weighted by atomic mass is 10.0. The van der Waals surface area contributed by atoms with E-state index in [9.17, 15) is 14.7 Å². The molecule has 2 aromatic heterocycles. The van der Waals surface area contributed by atoms with Crippen LogP contribution in [0, 0.1) is 0 Å². The minimum absolute atomic E-state index is 0.126. The monoisotopic (exact) mass is 504 g/mol. The number of phenols is 1. The largest absolute Gasteiger partial charge is 0.507 e. The molecule has 0 unspecified atom stereocenters. The van der Waals surface area contributed by atoms with Gasteiger partial charge in [0.15, 0.2) is 4.80 Å². The van der Waals surface area contributed by atoms with Gasteiger partial charge >= 0.3 is 5.97 Å². The number of esters is 1. The minimum Gasteiger partial charge on any atom is -0.507 e. The molecule has 0 bridgehead atoms. The second kappa shape index (κ2) is 8.33. The van der Waals surface area contributed by atoms with Gasteiger partial charge in [-0.1, -0.05) is 23.5 Å². The van der Waals surface area contributed by atoms with Crippen LogP contribution in [-0.4, -0.2) is 22.2 Å². The summed E-state index contributed by atoms with van der Waals surface area (Å²) in [5.74, 6) is -0.338. The Morgan fingerprint density at radius 1 is 1.40 bits per heavy atom. The molecule has 9 heteroatoms. The Labute approximate surface area is 188 Å². The summed E-state index contributed by atoms with van der Waals surface area (Å²) in [5.41, 5.74) is 1.47. The van der Waals surface area contributed by atoms with Crippen molar-refractivity contribution in [3.63, 3.8) is 0 Å². The number of rotatable bonds is 4. The fraction of sp³-hybridized carbons (Fsp3) is 0.190. The highest BCUT2D eigenvalue weighted by Crippen LogP contribution is 2.33. The number of fused-ring (bicyclic) bond motifs is 1. The Morgan fingerprint density at radius 3 is 2.87 bits per heavy atom. The van der Waals surface area contributed by atoms with Gasteiger partial charge < -0.3 is 9.84 Å². The molecule has 0 saturated heterocycles. The first-order chi connectivity index (χ1) is 14.4. The van der Waals surface area contributed by atoms with E-state index in [-0.39, 0.29) is 17.9 Å². The molecule has 0 spiro atoms. The van der Waals surface area contributed by atoms with Crippen LogP contribution in [0.1, 0.15) is 30.3 Å². The lowest BCUT2D eigenvalue weighted by Crippen LogP contribution is -2.39. The molecule has 0 amide bonds. The first-order valence-corrected chi connectivity index (χ1v) is 11.6. The van der Waals surface area contributed by atoms with Gasteiger partial charge in [-0.2, -0.15) is 0 Å². The van der Waals surface area contributed by atoms with Gasteiger partial charge in [-0.3, -0.25) is 9.36 Å². The van der Waals surface area contributed by atoms with Crippen molar-refractivity contribution in [3.8, 4) is 5.75 Å². The molecule has 0 radical (unpaired) electrons. The van der Waals surface area contributed by atoms with E-state index >= 15 is 0 Å². The number of phenolic OH excluding ortho intramolecular Hbond substituents is 1. The normalized spacial score (nSPS) is 16.4. The minimum atomic E-state index is -0.575. The fourth-order valence-electron chi connectivity index (χ4n) is 3.27. The number of halogens is 1. The molecule has 3 heterocycles. The number of allylic oxidation sites excluding steroid dienone is 1. The number of hydrogen-bond donors (Lipinski definition) is 1. The molecule has 6 nitrogen and oxygen atoms in total. The number of thiophene rings is 1. The predicted molar refractivity (Wildman–Crippen MR) is 121 cm³/mol. The second-order valence-corrected chi connectivity index (χ2v) is 9.37. The third kappa shape index (κ3) is 3.68. The van der Waals surface area contributed by atoms with Crippen LogP contribution in [0.5, 0.6) is 5.75 Å². The number of aromatic nitrogens is 1. The molecular formula is C21H17BrN2O4S2. The van der Waals surface area contributed by atoms with Crippen LogP contribution in [0.4, 0.5) is 0 Å². The van der Waals surface area contributed by atoms with Crippen molar-refractivity contribution in [1.29, 1.82) is 0 Å². The zero-order valence-electron chi connectivity index (χ0n) is 16.1. The van der Waals surface area contributed by atoms with Crippen molar-refractivity contribution in [1.82, 2.24) is 4.57 Å². The molecule has 1 N–H and O–H groups in total. The molecule has 1 aliphatic heterocycles. The van der Waals surface area contributed by atoms with Gasteiger partial charge in [-0.05, 0) is 65.0 Å². The average molecular weight is 505 g/mol. The summed E-state index contributed by atoms with van der Waals surface area (Å²) >= 11 is 6.04. The van der Waals surface area contributed by atoms with Crippen LogP contribution >= 0.6 is 38.6 Å². The van der Waals surface area contributed by atoms with E-state index in [2.05, 4.69) is 20.9 Å². The number of carbonyl (C=O) groups is 1. The van der Waals surface area contributed by atoms with Crippen LogP contribution in [0.15, 0.2) is 61.2 Å². The number of thiazole rings is 1. The third-order valence-corrected chi connectivity index (χ3v) is 7.14. The van der Waals surface area contributed by atoms with Crippen molar-refractivity contribution >= 4 is 50.6 Å². The summed E-state index contributed by atoms with van der Waals surface area (Å²) in [4.78, 5) is 32.0. The van der Waals surface area contributed by atoms with Gasteiger partial charge in [0.25, 0.3) is 5.56 Å². The number of hydrogen-bond acceptors (Lipinski definition) is 7. The lowest BCUT2D eigenvalue weighted by molar-refractivity contribution is -0.139. The van der Waals surface area contributed by atoms with Gasteiger partial charge in [-0.15, -0.1) is 11.3 Å². The van der Waals surface area contributed by atoms with E-state index in [0.29, 0.717) is 25.1 Å². The lowest BCUT2D eigenvalue weighted by Gasteiger charge is -2.23. The highest BCUT2D eigenvalue weighted by molar-refractivity contribution is 9.10. The van der Waals surface area contributed by atoms with Crippen molar-refractivity contribution in [3.05, 3.63) is 81.6 Å².